The van der Waals surface area contributed by atoms with Crippen LogP contribution in [0.4, 0.5) is 5.69 Å². The summed E-state index contributed by atoms with van der Waals surface area (Å²) in [5.41, 5.74) is 2.61. The zero-order valence-corrected chi connectivity index (χ0v) is 15.8. The second kappa shape index (κ2) is 7.00. The summed E-state index contributed by atoms with van der Waals surface area (Å²) in [5, 5.41) is 13.9. The molecule has 1 amide bonds. The molecule has 3 rings (SSSR count). The van der Waals surface area contributed by atoms with Crippen LogP contribution in [0.3, 0.4) is 0 Å². The highest BCUT2D eigenvalue weighted by atomic mass is 35.5. The molecule has 7 heteroatoms. The highest BCUT2D eigenvalue weighted by Crippen LogP contribution is 2.37. The molecule has 0 aliphatic heterocycles. The molecule has 2 N–H and O–H groups in total. The number of nitrogens with one attached hydrogen (secondary N) is 1. The van der Waals surface area contributed by atoms with Gasteiger partial charge in [-0.05, 0) is 25.5 Å². The molecule has 4 nitrogen and oxygen atoms in total. The fourth-order valence-corrected chi connectivity index (χ4v) is 4.64. The van der Waals surface area contributed by atoms with Gasteiger partial charge in [-0.25, -0.2) is 4.79 Å². The molecular formula is C18H14ClNO3S2. The normalized spacial score (nSPS) is 10.7. The largest absolute Gasteiger partial charge is 0.478 e. The zero-order chi connectivity index (χ0) is 18.1. The Morgan fingerprint density at radius 3 is 2.40 bits per heavy atom. The van der Waals surface area contributed by atoms with Crippen LogP contribution in [-0.2, 0) is 0 Å². The Morgan fingerprint density at radius 1 is 1.16 bits per heavy atom. The number of carbonyl (C=O) groups excluding carboxylic acids is 1. The molecule has 0 spiro atoms. The smallest absolute Gasteiger partial charge is 0.339 e. The number of carboxylic acid groups (broad SMARTS) is 1. The molecule has 0 atom stereocenters. The van der Waals surface area contributed by atoms with Gasteiger partial charge in [0.15, 0.2) is 0 Å². The van der Waals surface area contributed by atoms with E-state index in [-0.39, 0.29) is 11.3 Å². The van der Waals surface area contributed by atoms with Crippen molar-refractivity contribution < 1.29 is 14.7 Å². The zero-order valence-electron chi connectivity index (χ0n) is 13.4. The van der Waals surface area contributed by atoms with Crippen molar-refractivity contribution in [1.82, 2.24) is 0 Å². The van der Waals surface area contributed by atoms with E-state index in [2.05, 4.69) is 5.32 Å². The average Bonchev–Trinajstić information content (AvgIpc) is 3.11. The Hall–Kier alpha value is -2.15. The van der Waals surface area contributed by atoms with Gasteiger partial charge in [-0.1, -0.05) is 41.4 Å². The predicted octanol–water partition coefficient (Wildman–Crippen LogP) is 5.70. The maximum absolute atomic E-state index is 12.4. The second-order valence-electron chi connectivity index (χ2n) is 5.52. The maximum atomic E-state index is 12.4. The van der Waals surface area contributed by atoms with Crippen molar-refractivity contribution in [3.8, 4) is 10.4 Å². The summed E-state index contributed by atoms with van der Waals surface area (Å²) in [7, 11) is 0. The van der Waals surface area contributed by atoms with Gasteiger partial charge in [-0.2, -0.15) is 0 Å². The van der Waals surface area contributed by atoms with E-state index in [1.807, 2.05) is 38.1 Å². The monoisotopic (exact) mass is 391 g/mol. The minimum atomic E-state index is -1.08. The van der Waals surface area contributed by atoms with Crippen LogP contribution in [0.1, 0.15) is 31.2 Å². The topological polar surface area (TPSA) is 66.4 Å². The molecule has 0 unspecified atom stereocenters. The molecule has 1 aromatic carbocycles. The minimum Gasteiger partial charge on any atom is -0.478 e. The number of hydrogen-bond acceptors (Lipinski definition) is 4. The van der Waals surface area contributed by atoms with E-state index in [1.54, 1.807) is 11.4 Å². The number of thiophene rings is 2. The Bertz CT molecular complexity index is 957. The second-order valence-corrected chi connectivity index (χ2v) is 8.26. The van der Waals surface area contributed by atoms with Gasteiger partial charge in [0.25, 0.3) is 5.91 Å². The van der Waals surface area contributed by atoms with E-state index in [9.17, 15) is 14.7 Å². The fourth-order valence-electron chi connectivity index (χ4n) is 2.41. The maximum Gasteiger partial charge on any atom is 0.339 e. The van der Waals surface area contributed by atoms with Gasteiger partial charge in [0.1, 0.15) is 9.90 Å². The third-order valence-corrected chi connectivity index (χ3v) is 5.92. The first kappa shape index (κ1) is 17.7. The van der Waals surface area contributed by atoms with Gasteiger partial charge >= 0.3 is 5.97 Å². The number of aryl methyl sites for hydroxylation is 2. The molecule has 0 aliphatic rings. The number of carboxylic acids is 1. The van der Waals surface area contributed by atoms with Crippen LogP contribution in [0.2, 0.25) is 4.34 Å². The van der Waals surface area contributed by atoms with Crippen molar-refractivity contribution in [3.05, 3.63) is 61.6 Å². The van der Waals surface area contributed by atoms with E-state index < -0.39 is 11.9 Å². The number of carbonyl (C=O) groups is 2. The summed E-state index contributed by atoms with van der Waals surface area (Å²) in [5.74, 6) is -1.50. The lowest BCUT2D eigenvalue weighted by molar-refractivity contribution is 0.0699. The van der Waals surface area contributed by atoms with E-state index >= 15 is 0 Å². The van der Waals surface area contributed by atoms with Crippen molar-refractivity contribution in [3.63, 3.8) is 0 Å². The van der Waals surface area contributed by atoms with Gasteiger partial charge < -0.3 is 10.4 Å². The lowest BCUT2D eigenvalue weighted by Crippen LogP contribution is -2.13. The van der Waals surface area contributed by atoms with Gasteiger partial charge in [0.05, 0.1) is 16.1 Å². The van der Waals surface area contributed by atoms with Crippen molar-refractivity contribution in [1.29, 1.82) is 0 Å². The molecule has 3 aromatic rings. The van der Waals surface area contributed by atoms with Crippen LogP contribution in [0, 0.1) is 13.8 Å². The number of hydrogen-bond donors (Lipinski definition) is 2. The SMILES string of the molecule is Cc1ccc(-c2scc(NC(=O)c3cc(C)sc3Cl)c2C(=O)O)cc1. The van der Waals surface area contributed by atoms with Crippen LogP contribution < -0.4 is 5.32 Å². The Kier molecular flexibility index (Phi) is 4.94. The van der Waals surface area contributed by atoms with Crippen LogP contribution >= 0.6 is 34.3 Å². The molecule has 0 fully saturated rings. The third kappa shape index (κ3) is 3.61. The van der Waals surface area contributed by atoms with Crippen molar-refractivity contribution in [2.24, 2.45) is 0 Å². The highest BCUT2D eigenvalue weighted by Gasteiger charge is 2.22. The number of amides is 1. The molecule has 0 aliphatic carbocycles. The lowest BCUT2D eigenvalue weighted by Gasteiger charge is -2.06. The van der Waals surface area contributed by atoms with Crippen molar-refractivity contribution in [2.75, 3.05) is 5.32 Å². The summed E-state index contributed by atoms with van der Waals surface area (Å²) >= 11 is 8.67. The average molecular weight is 392 g/mol. The summed E-state index contributed by atoms with van der Waals surface area (Å²) in [6, 6.07) is 9.28. The molecule has 25 heavy (non-hydrogen) atoms. The first-order chi connectivity index (χ1) is 11.9. The van der Waals surface area contributed by atoms with Gasteiger partial charge in [0.2, 0.25) is 0 Å². The number of benzene rings is 1. The van der Waals surface area contributed by atoms with E-state index in [4.69, 9.17) is 11.6 Å². The van der Waals surface area contributed by atoms with Crippen LogP contribution in [0.25, 0.3) is 10.4 Å². The first-order valence-corrected chi connectivity index (χ1v) is 9.43. The summed E-state index contributed by atoms with van der Waals surface area (Å²) in [6.45, 7) is 3.82. The van der Waals surface area contributed by atoms with E-state index in [0.29, 0.717) is 14.8 Å². The Labute approximate surface area is 157 Å². The van der Waals surface area contributed by atoms with Crippen molar-refractivity contribution in [2.45, 2.75) is 13.8 Å². The third-order valence-electron chi connectivity index (χ3n) is 3.62. The van der Waals surface area contributed by atoms with Crippen LogP contribution in [-0.4, -0.2) is 17.0 Å². The number of rotatable bonds is 4. The molecule has 2 aromatic heterocycles. The van der Waals surface area contributed by atoms with Gasteiger partial charge in [-0.15, -0.1) is 22.7 Å². The highest BCUT2D eigenvalue weighted by molar-refractivity contribution is 7.16. The molecule has 0 saturated heterocycles. The van der Waals surface area contributed by atoms with E-state index in [0.717, 1.165) is 16.0 Å². The Morgan fingerprint density at radius 2 is 1.84 bits per heavy atom. The number of anilines is 1. The molecular weight excluding hydrogens is 378 g/mol. The summed E-state index contributed by atoms with van der Waals surface area (Å²) in [4.78, 5) is 25.7. The fraction of sp³-hybridized carbons (Fsp3) is 0.111. The van der Waals surface area contributed by atoms with Crippen LogP contribution in [0.5, 0.6) is 0 Å². The first-order valence-electron chi connectivity index (χ1n) is 7.36. The summed E-state index contributed by atoms with van der Waals surface area (Å²) in [6.07, 6.45) is 0. The van der Waals surface area contributed by atoms with Gasteiger partial charge in [-0.3, -0.25) is 4.79 Å². The molecule has 128 valence electrons. The van der Waals surface area contributed by atoms with Crippen molar-refractivity contribution >= 4 is 51.8 Å². The van der Waals surface area contributed by atoms with E-state index in [1.165, 1.54) is 22.7 Å². The number of halogens is 1. The van der Waals surface area contributed by atoms with Gasteiger partial charge in [0, 0.05) is 10.3 Å². The standard InChI is InChI=1S/C18H14ClNO3S2/c1-9-3-5-11(6-4-9)15-14(18(22)23)13(8-24-15)20-17(21)12-7-10(2)25-16(12)19/h3-8H,1-2H3,(H,20,21)(H,22,23). The molecule has 0 radical (unpaired) electrons. The molecule has 2 heterocycles. The Balaban J connectivity index is 1.97. The number of aromatic carboxylic acids is 1. The predicted molar refractivity (Wildman–Crippen MR) is 103 cm³/mol. The summed E-state index contributed by atoms with van der Waals surface area (Å²) < 4.78 is 0.390. The lowest BCUT2D eigenvalue weighted by atomic mass is 10.1. The molecule has 0 bridgehead atoms. The van der Waals surface area contributed by atoms with Crippen LogP contribution in [0.15, 0.2) is 35.7 Å². The molecule has 0 saturated carbocycles. The quantitative estimate of drug-likeness (QED) is 0.599. The minimum absolute atomic E-state index is 0.0882.